The monoisotopic (exact) mass is 185 g/mol. The third-order valence-electron chi connectivity index (χ3n) is 1.30. The van der Waals surface area contributed by atoms with Crippen molar-refractivity contribution in [2.24, 2.45) is 0 Å². The van der Waals surface area contributed by atoms with Gasteiger partial charge < -0.3 is 10.2 Å². The van der Waals surface area contributed by atoms with E-state index < -0.39 is 4.92 Å². The molecule has 0 fully saturated rings. The molecule has 1 aromatic carbocycles. The van der Waals surface area contributed by atoms with Gasteiger partial charge in [0.05, 0.1) is 11.5 Å². The number of nitro groups is 1. The lowest BCUT2D eigenvalue weighted by Gasteiger charge is -1.93. The van der Waals surface area contributed by atoms with Crippen LogP contribution in [0.25, 0.3) is 0 Å². The minimum absolute atomic E-state index is 0.0107. The fraction of sp³-hybridized carbons (Fsp3) is 0.250. The third kappa shape index (κ3) is 3.64. The molecule has 0 aliphatic rings. The molecular weight excluding hydrogens is 174 g/mol. The molecule has 72 valence electrons. The molecule has 1 aromatic rings. The van der Waals surface area contributed by atoms with E-state index in [1.165, 1.54) is 12.1 Å². The van der Waals surface area contributed by atoms with Gasteiger partial charge in [-0.1, -0.05) is 12.1 Å². The zero-order valence-corrected chi connectivity index (χ0v) is 7.17. The molecule has 0 spiro atoms. The van der Waals surface area contributed by atoms with Crippen molar-refractivity contribution in [2.45, 2.75) is 6.61 Å². The van der Waals surface area contributed by atoms with Gasteiger partial charge in [0.2, 0.25) is 0 Å². The smallest absolute Gasteiger partial charge is 0.269 e. The van der Waals surface area contributed by atoms with Crippen LogP contribution in [0.2, 0.25) is 0 Å². The van der Waals surface area contributed by atoms with Gasteiger partial charge in [0.1, 0.15) is 0 Å². The van der Waals surface area contributed by atoms with Crippen molar-refractivity contribution < 1.29 is 15.1 Å². The molecule has 2 N–H and O–H groups in total. The van der Waals surface area contributed by atoms with E-state index in [0.29, 0.717) is 5.56 Å². The van der Waals surface area contributed by atoms with Crippen molar-refractivity contribution in [1.29, 1.82) is 0 Å². The quantitative estimate of drug-likeness (QED) is 0.524. The summed E-state index contributed by atoms with van der Waals surface area (Å²) >= 11 is 0. The molecule has 5 heteroatoms. The van der Waals surface area contributed by atoms with Crippen LogP contribution in [0.3, 0.4) is 0 Å². The SMILES string of the molecule is CO.O=[N+]([O-])c1cccc(CO)c1. The van der Waals surface area contributed by atoms with Crippen LogP contribution in [0.1, 0.15) is 5.56 Å². The first-order chi connectivity index (χ1) is 6.24. The average Bonchev–Trinajstić information content (AvgIpc) is 2.21. The zero-order valence-electron chi connectivity index (χ0n) is 7.17. The van der Waals surface area contributed by atoms with Gasteiger partial charge in [-0.05, 0) is 5.56 Å². The topological polar surface area (TPSA) is 83.6 Å². The first-order valence-electron chi connectivity index (χ1n) is 3.53. The molecule has 1 rings (SSSR count). The molecule has 0 amide bonds. The van der Waals surface area contributed by atoms with Crippen molar-refractivity contribution in [3.05, 3.63) is 39.9 Å². The van der Waals surface area contributed by atoms with E-state index in [-0.39, 0.29) is 12.3 Å². The van der Waals surface area contributed by atoms with Crippen molar-refractivity contribution in [3.8, 4) is 0 Å². The van der Waals surface area contributed by atoms with Crippen LogP contribution in [-0.2, 0) is 6.61 Å². The Kier molecular flexibility index (Phi) is 5.42. The summed E-state index contributed by atoms with van der Waals surface area (Å²) in [4.78, 5) is 9.71. The summed E-state index contributed by atoms with van der Waals surface area (Å²) in [6.45, 7) is -0.165. The molecular formula is C8H11NO4. The van der Waals surface area contributed by atoms with E-state index in [4.69, 9.17) is 10.2 Å². The van der Waals surface area contributed by atoms with E-state index in [2.05, 4.69) is 0 Å². The number of aliphatic hydroxyl groups is 2. The molecule has 0 saturated carbocycles. The molecule has 0 aliphatic heterocycles. The Balaban J connectivity index is 0.000000671. The van der Waals surface area contributed by atoms with Crippen LogP contribution in [0.4, 0.5) is 5.69 Å². The second-order valence-corrected chi connectivity index (χ2v) is 2.09. The Morgan fingerprint density at radius 2 is 2.08 bits per heavy atom. The maximum absolute atomic E-state index is 10.2. The van der Waals surface area contributed by atoms with Crippen LogP contribution in [-0.4, -0.2) is 22.2 Å². The van der Waals surface area contributed by atoms with E-state index in [9.17, 15) is 10.1 Å². The number of hydrogen-bond donors (Lipinski definition) is 2. The normalized spacial score (nSPS) is 8.54. The highest BCUT2D eigenvalue weighted by molar-refractivity contribution is 5.33. The molecule has 0 unspecified atom stereocenters. The number of aliphatic hydroxyl groups excluding tert-OH is 2. The second kappa shape index (κ2) is 6.10. The predicted octanol–water partition coefficient (Wildman–Crippen LogP) is 0.696. The van der Waals surface area contributed by atoms with Gasteiger partial charge in [0, 0.05) is 19.2 Å². The Labute approximate surface area is 75.4 Å². The minimum Gasteiger partial charge on any atom is -0.400 e. The number of hydrogen-bond acceptors (Lipinski definition) is 4. The molecule has 5 nitrogen and oxygen atoms in total. The summed E-state index contributed by atoms with van der Waals surface area (Å²) in [5.74, 6) is 0. The summed E-state index contributed by atoms with van der Waals surface area (Å²) in [7, 11) is 1.00. The average molecular weight is 185 g/mol. The zero-order chi connectivity index (χ0) is 10.3. The molecule has 0 heterocycles. The van der Waals surface area contributed by atoms with Gasteiger partial charge in [0.25, 0.3) is 5.69 Å². The minimum atomic E-state index is -0.487. The molecule has 0 saturated heterocycles. The fourth-order valence-electron chi connectivity index (χ4n) is 0.768. The Morgan fingerprint density at radius 1 is 1.46 bits per heavy atom. The van der Waals surface area contributed by atoms with E-state index in [1.807, 2.05) is 0 Å². The largest absolute Gasteiger partial charge is 0.400 e. The lowest BCUT2D eigenvalue weighted by molar-refractivity contribution is -0.384. The van der Waals surface area contributed by atoms with Gasteiger partial charge in [-0.15, -0.1) is 0 Å². The molecule has 0 bridgehead atoms. The van der Waals surface area contributed by atoms with Crippen molar-refractivity contribution >= 4 is 5.69 Å². The van der Waals surface area contributed by atoms with Crippen molar-refractivity contribution in [2.75, 3.05) is 7.11 Å². The number of nitro benzene ring substituents is 1. The van der Waals surface area contributed by atoms with Crippen LogP contribution in [0.15, 0.2) is 24.3 Å². The maximum atomic E-state index is 10.2. The van der Waals surface area contributed by atoms with E-state index in [1.54, 1.807) is 12.1 Å². The Morgan fingerprint density at radius 3 is 2.54 bits per heavy atom. The predicted molar refractivity (Wildman–Crippen MR) is 47.2 cm³/mol. The lowest BCUT2D eigenvalue weighted by Crippen LogP contribution is -1.89. The molecule has 0 aromatic heterocycles. The molecule has 13 heavy (non-hydrogen) atoms. The van der Waals surface area contributed by atoms with Crippen LogP contribution in [0.5, 0.6) is 0 Å². The highest BCUT2D eigenvalue weighted by Gasteiger charge is 2.03. The van der Waals surface area contributed by atoms with E-state index in [0.717, 1.165) is 7.11 Å². The van der Waals surface area contributed by atoms with Gasteiger partial charge in [-0.2, -0.15) is 0 Å². The second-order valence-electron chi connectivity index (χ2n) is 2.09. The number of rotatable bonds is 2. The van der Waals surface area contributed by atoms with Crippen LogP contribution < -0.4 is 0 Å². The lowest BCUT2D eigenvalue weighted by atomic mass is 10.2. The molecule has 0 atom stereocenters. The van der Waals surface area contributed by atoms with Crippen molar-refractivity contribution in [3.63, 3.8) is 0 Å². The fourth-order valence-corrected chi connectivity index (χ4v) is 0.768. The van der Waals surface area contributed by atoms with Crippen molar-refractivity contribution in [1.82, 2.24) is 0 Å². The van der Waals surface area contributed by atoms with Gasteiger partial charge in [-0.3, -0.25) is 10.1 Å². The van der Waals surface area contributed by atoms with Gasteiger partial charge in [-0.25, -0.2) is 0 Å². The van der Waals surface area contributed by atoms with Gasteiger partial charge in [0.15, 0.2) is 0 Å². The standard InChI is InChI=1S/C7H7NO3.CH4O/c9-5-6-2-1-3-7(4-6)8(10)11;1-2/h1-4,9H,5H2;2H,1H3. The summed E-state index contributed by atoms with van der Waals surface area (Å²) < 4.78 is 0. The Hall–Kier alpha value is -1.46. The highest BCUT2D eigenvalue weighted by atomic mass is 16.6. The third-order valence-corrected chi connectivity index (χ3v) is 1.30. The van der Waals surface area contributed by atoms with Crippen LogP contribution >= 0.6 is 0 Å². The first-order valence-corrected chi connectivity index (χ1v) is 3.53. The molecule has 0 radical (unpaired) electrons. The number of non-ortho nitro benzene ring substituents is 1. The highest BCUT2D eigenvalue weighted by Crippen LogP contribution is 2.12. The van der Waals surface area contributed by atoms with E-state index >= 15 is 0 Å². The summed E-state index contributed by atoms with van der Waals surface area (Å²) in [5, 5.41) is 25.8. The van der Waals surface area contributed by atoms with Crippen LogP contribution in [0, 0.1) is 10.1 Å². The van der Waals surface area contributed by atoms with Gasteiger partial charge >= 0.3 is 0 Å². The first kappa shape index (κ1) is 11.5. The summed E-state index contributed by atoms with van der Waals surface area (Å²) in [6, 6.07) is 5.91. The number of nitrogens with zero attached hydrogens (tertiary/aromatic N) is 1. The summed E-state index contributed by atoms with van der Waals surface area (Å²) in [5.41, 5.74) is 0.566. The summed E-state index contributed by atoms with van der Waals surface area (Å²) in [6.07, 6.45) is 0. The maximum Gasteiger partial charge on any atom is 0.269 e. The Bertz CT molecular complexity index is 275. The molecule has 0 aliphatic carbocycles. The number of benzene rings is 1.